The van der Waals surface area contributed by atoms with E-state index in [9.17, 15) is 64.2 Å². The quantitative estimate of drug-likeness (QED) is 0.0275. The van der Waals surface area contributed by atoms with Crippen LogP contribution in [0.15, 0.2) is 0 Å². The summed E-state index contributed by atoms with van der Waals surface area (Å²) in [6, 6.07) is 0. The minimum absolute atomic E-state index is 0.0154. The third kappa shape index (κ3) is 20.6. The van der Waals surface area contributed by atoms with E-state index in [1.807, 2.05) is 0 Å². The number of esters is 3. The lowest BCUT2D eigenvalue weighted by atomic mass is 9.72. The first-order valence-electron chi connectivity index (χ1n) is 19.1. The summed E-state index contributed by atoms with van der Waals surface area (Å²) in [5.74, 6) is -3.98. The number of alkyl halides is 6. The molecule has 21 heteroatoms. The number of ether oxygens (including phenoxy) is 3. The van der Waals surface area contributed by atoms with Gasteiger partial charge in [-0.25, -0.2) is 0 Å². The molecule has 0 saturated heterocycles. The highest BCUT2D eigenvalue weighted by Crippen LogP contribution is 2.40. The Morgan fingerprint density at radius 1 is 0.695 bits per heavy atom. The van der Waals surface area contributed by atoms with Gasteiger partial charge >= 0.3 is 30.3 Å². The second-order valence-corrected chi connectivity index (χ2v) is 19.3. The van der Waals surface area contributed by atoms with Crippen molar-refractivity contribution in [2.75, 3.05) is 26.0 Å². The van der Waals surface area contributed by atoms with Crippen LogP contribution in [0.5, 0.6) is 0 Å². The summed E-state index contributed by atoms with van der Waals surface area (Å²) in [6.07, 6.45) is -12.9. The van der Waals surface area contributed by atoms with Crippen molar-refractivity contribution in [2.45, 2.75) is 170 Å². The molecule has 0 aliphatic heterocycles. The SMILES string of the molecule is CCC(C)(CC(C)(C)C(=O)OC(C)CC(C)(O)C(F)(F)F)C(=O)OCCNC.CCC(CC(C)(C)C(=O)OC(C)CC(C)(O)C(F)(F)F)C(=O)NC(C)(C)CS(=O)(=O)O. The van der Waals surface area contributed by atoms with E-state index < -0.39 is 116 Å². The minimum atomic E-state index is -4.89. The van der Waals surface area contributed by atoms with Gasteiger partial charge < -0.3 is 35.1 Å². The van der Waals surface area contributed by atoms with Crippen molar-refractivity contribution in [2.24, 2.45) is 22.2 Å². The Labute approximate surface area is 345 Å². The lowest BCUT2D eigenvalue weighted by molar-refractivity contribution is -0.261. The van der Waals surface area contributed by atoms with Gasteiger partial charge in [-0.2, -0.15) is 34.8 Å². The molecule has 0 spiro atoms. The first-order valence-corrected chi connectivity index (χ1v) is 20.8. The van der Waals surface area contributed by atoms with Crippen molar-refractivity contribution in [1.29, 1.82) is 0 Å². The maximum absolute atomic E-state index is 12.8. The Morgan fingerprint density at radius 2 is 1.10 bits per heavy atom. The van der Waals surface area contributed by atoms with Gasteiger partial charge in [0.2, 0.25) is 5.91 Å². The molecule has 5 N–H and O–H groups in total. The minimum Gasteiger partial charge on any atom is -0.464 e. The lowest BCUT2D eigenvalue weighted by Gasteiger charge is -2.35. The molecule has 0 saturated carbocycles. The Hall–Kier alpha value is -2.75. The number of hydrogen-bond donors (Lipinski definition) is 5. The molecule has 0 aromatic heterocycles. The second kappa shape index (κ2) is 21.9. The monoisotopic (exact) mass is 890 g/mol. The Morgan fingerprint density at radius 3 is 1.44 bits per heavy atom. The topological polar surface area (TPSA) is 215 Å². The van der Waals surface area contributed by atoms with Crippen LogP contribution >= 0.6 is 0 Å². The molecule has 0 aromatic rings. The summed E-state index contributed by atoms with van der Waals surface area (Å²) in [4.78, 5) is 50.1. The molecule has 14 nitrogen and oxygen atoms in total. The number of hydrogen-bond acceptors (Lipinski definition) is 12. The van der Waals surface area contributed by atoms with Gasteiger partial charge in [-0.3, -0.25) is 23.7 Å². The lowest BCUT2D eigenvalue weighted by Crippen LogP contribution is -2.51. The highest BCUT2D eigenvalue weighted by molar-refractivity contribution is 7.85. The van der Waals surface area contributed by atoms with Crippen molar-refractivity contribution >= 4 is 33.9 Å². The van der Waals surface area contributed by atoms with E-state index in [2.05, 4.69) is 10.6 Å². The van der Waals surface area contributed by atoms with Gasteiger partial charge in [0, 0.05) is 25.3 Å². The van der Waals surface area contributed by atoms with E-state index in [4.69, 9.17) is 18.8 Å². The number of carbonyl (C=O) groups is 4. The van der Waals surface area contributed by atoms with Crippen LogP contribution in [0.4, 0.5) is 26.3 Å². The van der Waals surface area contributed by atoms with Gasteiger partial charge in [-0.15, -0.1) is 0 Å². The summed E-state index contributed by atoms with van der Waals surface area (Å²) in [5, 5.41) is 24.5. The van der Waals surface area contributed by atoms with Crippen LogP contribution in [0.25, 0.3) is 0 Å². The van der Waals surface area contributed by atoms with Crippen molar-refractivity contribution in [3.05, 3.63) is 0 Å². The molecule has 0 heterocycles. The van der Waals surface area contributed by atoms with E-state index in [-0.39, 0.29) is 19.4 Å². The van der Waals surface area contributed by atoms with E-state index in [1.54, 1.807) is 41.7 Å². The van der Waals surface area contributed by atoms with E-state index in [0.29, 0.717) is 33.2 Å². The third-order valence-electron chi connectivity index (χ3n) is 9.63. The molecule has 0 fully saturated rings. The smallest absolute Gasteiger partial charge is 0.417 e. The molecular weight excluding hydrogens is 822 g/mol. The van der Waals surface area contributed by atoms with Crippen LogP contribution < -0.4 is 10.6 Å². The largest absolute Gasteiger partial charge is 0.464 e. The molecule has 0 rings (SSSR count). The average molecular weight is 891 g/mol. The maximum atomic E-state index is 12.8. The van der Waals surface area contributed by atoms with Gasteiger partial charge in [0.1, 0.15) is 18.8 Å². The Bertz CT molecular complexity index is 1500. The molecule has 0 aromatic carbocycles. The number of halogens is 6. The normalized spacial score (nSPS) is 17.7. The molecule has 0 radical (unpaired) electrons. The zero-order valence-electron chi connectivity index (χ0n) is 36.8. The number of rotatable bonds is 22. The molecule has 350 valence electrons. The zero-order chi connectivity index (χ0) is 47.4. The van der Waals surface area contributed by atoms with Crippen molar-refractivity contribution in [1.82, 2.24) is 10.6 Å². The van der Waals surface area contributed by atoms with Gasteiger partial charge in [0.05, 0.1) is 27.5 Å². The fourth-order valence-corrected chi connectivity index (χ4v) is 6.96. The fraction of sp³-hybridized carbons (Fsp3) is 0.895. The molecular formula is C38H68F6N2O12S. The molecule has 6 unspecified atom stereocenters. The van der Waals surface area contributed by atoms with Gasteiger partial charge in [-0.1, -0.05) is 13.8 Å². The first kappa shape index (κ1) is 58.3. The van der Waals surface area contributed by atoms with Crippen molar-refractivity contribution in [3.8, 4) is 0 Å². The van der Waals surface area contributed by atoms with E-state index in [0.717, 1.165) is 0 Å². The molecule has 0 aliphatic carbocycles. The predicted molar refractivity (Wildman–Crippen MR) is 206 cm³/mol. The first-order chi connectivity index (χ1) is 26.0. The maximum Gasteiger partial charge on any atom is 0.417 e. The van der Waals surface area contributed by atoms with Gasteiger partial charge in [-0.05, 0) is 109 Å². The highest BCUT2D eigenvalue weighted by atomic mass is 32.2. The van der Waals surface area contributed by atoms with E-state index >= 15 is 0 Å². The Balaban J connectivity index is 0. The number of carbonyl (C=O) groups excluding carboxylic acids is 4. The number of nitrogens with one attached hydrogen (secondary N) is 2. The number of aliphatic hydroxyl groups is 2. The average Bonchev–Trinajstić information content (AvgIpc) is 3.00. The third-order valence-corrected chi connectivity index (χ3v) is 10.7. The van der Waals surface area contributed by atoms with Crippen molar-refractivity contribution in [3.63, 3.8) is 0 Å². The number of amides is 1. The molecule has 1 amide bonds. The van der Waals surface area contributed by atoms with E-state index in [1.165, 1.54) is 41.5 Å². The predicted octanol–water partition coefficient (Wildman–Crippen LogP) is 6.06. The summed E-state index contributed by atoms with van der Waals surface area (Å²) in [6.45, 7) is 18.5. The second-order valence-electron chi connectivity index (χ2n) is 17.9. The highest BCUT2D eigenvalue weighted by Gasteiger charge is 2.52. The molecule has 0 bridgehead atoms. The summed E-state index contributed by atoms with van der Waals surface area (Å²) < 4.78 is 124. The van der Waals surface area contributed by atoms with Crippen LogP contribution in [-0.4, -0.2) is 114 Å². The van der Waals surface area contributed by atoms with Crippen LogP contribution in [0.3, 0.4) is 0 Å². The number of likely N-dealkylation sites (N-methyl/N-ethyl adjacent to an activating group) is 1. The van der Waals surface area contributed by atoms with Gasteiger partial charge in [0.25, 0.3) is 10.1 Å². The summed E-state index contributed by atoms with van der Waals surface area (Å²) in [7, 11) is -2.61. The molecule has 6 atom stereocenters. The van der Waals surface area contributed by atoms with Crippen molar-refractivity contribution < 1.29 is 82.9 Å². The zero-order valence-corrected chi connectivity index (χ0v) is 37.6. The van der Waals surface area contributed by atoms with Crippen LogP contribution in [0.1, 0.15) is 129 Å². The van der Waals surface area contributed by atoms with Crippen LogP contribution in [0, 0.1) is 22.2 Å². The standard InChI is InChI=1S/C19H34F3NO7S.C19H34F3NO5/c1-8-13(14(24)23-17(5,6)11-31(27,28)29)10-16(3,4)15(25)30-12(2)9-18(7,26)19(20,21)22;1-8-17(5,15(25)27-10-9-23-7)12-16(3,4)14(24)28-13(2)11-18(6,26)19(20,21)22/h12-13,26H,8-11H2,1-7H3,(H,23,24)(H,27,28,29);13,23,26H,8-12H2,1-7H3. The summed E-state index contributed by atoms with van der Waals surface area (Å²) >= 11 is 0. The van der Waals surface area contributed by atoms with Crippen LogP contribution in [-0.2, 0) is 43.5 Å². The Kier molecular flexibility index (Phi) is 21.6. The molecule has 59 heavy (non-hydrogen) atoms. The molecule has 0 aliphatic rings. The summed E-state index contributed by atoms with van der Waals surface area (Å²) in [5.41, 5.74) is -10.6. The van der Waals surface area contributed by atoms with Gasteiger partial charge in [0.15, 0.2) is 11.2 Å². The fourth-order valence-electron chi connectivity index (χ4n) is 5.98. The van der Waals surface area contributed by atoms with Crippen LogP contribution in [0.2, 0.25) is 0 Å².